The molecule has 2 aliphatic rings. The molecule has 28 heavy (non-hydrogen) atoms. The van der Waals surface area contributed by atoms with Crippen molar-refractivity contribution >= 4 is 15.9 Å². The van der Waals surface area contributed by atoms with Crippen LogP contribution in [0.1, 0.15) is 48.0 Å². The van der Waals surface area contributed by atoms with Gasteiger partial charge in [0.15, 0.2) is 0 Å². The quantitative estimate of drug-likeness (QED) is 0.857. The maximum Gasteiger partial charge on any atom is 0.251 e. The molecule has 0 aliphatic carbocycles. The summed E-state index contributed by atoms with van der Waals surface area (Å²) in [5.74, 6) is -0.0811. The number of hydrogen-bond donors (Lipinski definition) is 1. The van der Waals surface area contributed by atoms with Gasteiger partial charge in [0.1, 0.15) is 0 Å². The van der Waals surface area contributed by atoms with Crippen LogP contribution >= 0.6 is 0 Å². The fourth-order valence-corrected chi connectivity index (χ4v) is 6.45. The SMILES string of the molecule is Cc1ccc(C(=O)NC2C[C@H]3CCC[C@@H](C2)N3S(=O)(=O)c2ccccc2)cc1. The average Bonchev–Trinajstić information content (AvgIpc) is 2.68. The number of nitrogens with zero attached hydrogens (tertiary/aromatic N) is 1. The fraction of sp³-hybridized carbons (Fsp3) is 0.409. The first kappa shape index (κ1) is 19.2. The zero-order valence-electron chi connectivity index (χ0n) is 16.0. The van der Waals surface area contributed by atoms with Gasteiger partial charge in [-0.05, 0) is 56.9 Å². The third-order valence-electron chi connectivity index (χ3n) is 5.88. The van der Waals surface area contributed by atoms with Crippen LogP contribution in [-0.2, 0) is 10.0 Å². The molecule has 0 saturated carbocycles. The number of amides is 1. The number of nitrogens with one attached hydrogen (secondary N) is 1. The van der Waals surface area contributed by atoms with E-state index in [0.717, 1.165) is 24.8 Å². The van der Waals surface area contributed by atoms with Gasteiger partial charge in [0.2, 0.25) is 10.0 Å². The Morgan fingerprint density at radius 1 is 0.964 bits per heavy atom. The molecular formula is C22H26N2O3S. The lowest BCUT2D eigenvalue weighted by Crippen LogP contribution is -2.58. The topological polar surface area (TPSA) is 66.5 Å². The molecule has 2 aliphatic heterocycles. The van der Waals surface area contributed by atoms with Crippen LogP contribution in [0.2, 0.25) is 0 Å². The van der Waals surface area contributed by atoms with Crippen LogP contribution in [-0.4, -0.2) is 36.8 Å². The van der Waals surface area contributed by atoms with Crippen molar-refractivity contribution in [2.24, 2.45) is 0 Å². The molecule has 5 nitrogen and oxygen atoms in total. The van der Waals surface area contributed by atoms with E-state index in [1.54, 1.807) is 28.6 Å². The van der Waals surface area contributed by atoms with E-state index in [9.17, 15) is 13.2 Å². The Balaban J connectivity index is 1.51. The van der Waals surface area contributed by atoms with E-state index >= 15 is 0 Å². The third kappa shape index (κ3) is 3.71. The Hall–Kier alpha value is -2.18. The summed E-state index contributed by atoms with van der Waals surface area (Å²) in [7, 11) is -3.51. The molecule has 0 aromatic heterocycles. The Bertz CT molecular complexity index is 928. The van der Waals surface area contributed by atoms with Gasteiger partial charge in [-0.15, -0.1) is 0 Å². The van der Waals surface area contributed by atoms with E-state index in [-0.39, 0.29) is 24.0 Å². The normalized spacial score (nSPS) is 25.2. The zero-order chi connectivity index (χ0) is 19.7. The standard InChI is InChI=1S/C22H26N2O3S/c1-16-10-12-17(13-11-16)22(25)23-18-14-19-6-5-7-20(15-18)24(19)28(26,27)21-8-3-2-4-9-21/h2-4,8-13,18-20H,5-7,14-15H2,1H3,(H,23,25)/t18?,19-,20+. The Labute approximate surface area is 166 Å². The van der Waals surface area contributed by atoms with Gasteiger partial charge in [-0.1, -0.05) is 42.3 Å². The van der Waals surface area contributed by atoms with E-state index in [0.29, 0.717) is 23.3 Å². The molecule has 6 heteroatoms. The summed E-state index contributed by atoms with van der Waals surface area (Å²) < 4.78 is 28.2. The van der Waals surface area contributed by atoms with E-state index < -0.39 is 10.0 Å². The Morgan fingerprint density at radius 3 is 2.18 bits per heavy atom. The van der Waals surface area contributed by atoms with Gasteiger partial charge in [0.25, 0.3) is 5.91 Å². The molecule has 0 radical (unpaired) electrons. The number of carbonyl (C=O) groups excluding carboxylic acids is 1. The van der Waals surface area contributed by atoms with Gasteiger partial charge in [-0.2, -0.15) is 4.31 Å². The van der Waals surface area contributed by atoms with Gasteiger partial charge in [0, 0.05) is 23.7 Å². The molecular weight excluding hydrogens is 372 g/mol. The lowest BCUT2D eigenvalue weighted by atomic mass is 9.84. The van der Waals surface area contributed by atoms with Gasteiger partial charge in [-0.25, -0.2) is 8.42 Å². The minimum atomic E-state index is -3.51. The second kappa shape index (κ2) is 7.68. The van der Waals surface area contributed by atoms with Crippen LogP contribution in [0.4, 0.5) is 0 Å². The number of piperidine rings is 2. The predicted molar refractivity (Wildman–Crippen MR) is 109 cm³/mol. The second-order valence-electron chi connectivity index (χ2n) is 7.89. The number of aryl methyl sites for hydroxylation is 1. The van der Waals surface area contributed by atoms with Crippen molar-refractivity contribution in [1.29, 1.82) is 0 Å². The van der Waals surface area contributed by atoms with Crippen molar-refractivity contribution < 1.29 is 13.2 Å². The van der Waals surface area contributed by atoms with Crippen LogP contribution in [0.25, 0.3) is 0 Å². The van der Waals surface area contributed by atoms with Gasteiger partial charge in [-0.3, -0.25) is 4.79 Å². The maximum atomic E-state index is 13.2. The maximum absolute atomic E-state index is 13.2. The molecule has 148 valence electrons. The molecule has 2 heterocycles. The van der Waals surface area contributed by atoms with E-state index in [4.69, 9.17) is 0 Å². The van der Waals surface area contributed by atoms with Crippen molar-refractivity contribution in [3.63, 3.8) is 0 Å². The minimum Gasteiger partial charge on any atom is -0.349 e. The number of carbonyl (C=O) groups is 1. The molecule has 2 aromatic rings. The van der Waals surface area contributed by atoms with Gasteiger partial charge in [0.05, 0.1) is 4.90 Å². The molecule has 2 aromatic carbocycles. The average molecular weight is 399 g/mol. The number of fused-ring (bicyclic) bond motifs is 2. The Morgan fingerprint density at radius 2 is 1.57 bits per heavy atom. The Kier molecular flexibility index (Phi) is 5.25. The third-order valence-corrected chi connectivity index (χ3v) is 7.89. The van der Waals surface area contributed by atoms with Crippen molar-refractivity contribution in [3.8, 4) is 0 Å². The van der Waals surface area contributed by atoms with Gasteiger partial charge >= 0.3 is 0 Å². The summed E-state index contributed by atoms with van der Waals surface area (Å²) in [5.41, 5.74) is 1.76. The summed E-state index contributed by atoms with van der Waals surface area (Å²) >= 11 is 0. The molecule has 2 bridgehead atoms. The number of sulfonamides is 1. The summed E-state index contributed by atoms with van der Waals surface area (Å²) in [6, 6.07) is 16.1. The van der Waals surface area contributed by atoms with Crippen molar-refractivity contribution in [1.82, 2.24) is 9.62 Å². The van der Waals surface area contributed by atoms with Crippen LogP contribution in [0, 0.1) is 6.92 Å². The molecule has 4 rings (SSSR count). The summed E-state index contributed by atoms with van der Waals surface area (Å²) in [5, 5.41) is 3.13. The van der Waals surface area contributed by atoms with E-state index in [1.165, 1.54) is 0 Å². The summed E-state index contributed by atoms with van der Waals surface area (Å²) in [4.78, 5) is 13.0. The van der Waals surface area contributed by atoms with E-state index in [2.05, 4.69) is 5.32 Å². The highest BCUT2D eigenvalue weighted by Crippen LogP contribution is 2.38. The number of benzene rings is 2. The summed E-state index contributed by atoms with van der Waals surface area (Å²) in [6.45, 7) is 1.99. The monoisotopic (exact) mass is 398 g/mol. The minimum absolute atomic E-state index is 0.00586. The first-order valence-corrected chi connectivity index (χ1v) is 11.4. The van der Waals surface area contributed by atoms with Crippen molar-refractivity contribution in [2.45, 2.75) is 62.0 Å². The highest BCUT2D eigenvalue weighted by molar-refractivity contribution is 7.89. The molecule has 1 amide bonds. The first-order valence-electron chi connectivity index (χ1n) is 9.91. The largest absolute Gasteiger partial charge is 0.349 e. The molecule has 1 unspecified atom stereocenters. The lowest BCUT2D eigenvalue weighted by molar-refractivity contribution is 0.0796. The van der Waals surface area contributed by atoms with Crippen LogP contribution in [0.5, 0.6) is 0 Å². The highest BCUT2D eigenvalue weighted by Gasteiger charge is 2.45. The zero-order valence-corrected chi connectivity index (χ0v) is 16.9. The van der Waals surface area contributed by atoms with Crippen LogP contribution < -0.4 is 5.32 Å². The summed E-state index contributed by atoms with van der Waals surface area (Å²) in [6.07, 6.45) is 4.06. The molecule has 1 N–H and O–H groups in total. The van der Waals surface area contributed by atoms with E-state index in [1.807, 2.05) is 37.3 Å². The van der Waals surface area contributed by atoms with Gasteiger partial charge < -0.3 is 5.32 Å². The number of rotatable bonds is 4. The smallest absolute Gasteiger partial charge is 0.251 e. The van der Waals surface area contributed by atoms with Crippen molar-refractivity contribution in [2.75, 3.05) is 0 Å². The van der Waals surface area contributed by atoms with Crippen molar-refractivity contribution in [3.05, 3.63) is 65.7 Å². The lowest BCUT2D eigenvalue weighted by Gasteiger charge is -2.47. The second-order valence-corrected chi connectivity index (χ2v) is 9.74. The number of hydrogen-bond acceptors (Lipinski definition) is 3. The molecule has 2 fully saturated rings. The molecule has 0 spiro atoms. The predicted octanol–water partition coefficient (Wildman–Crippen LogP) is 3.50. The highest BCUT2D eigenvalue weighted by atomic mass is 32.2. The first-order chi connectivity index (χ1) is 13.4. The molecule has 3 atom stereocenters. The fourth-order valence-electron chi connectivity index (χ4n) is 4.54. The van der Waals surface area contributed by atoms with Crippen LogP contribution in [0.15, 0.2) is 59.5 Å². The molecule has 2 saturated heterocycles. The van der Waals surface area contributed by atoms with Crippen LogP contribution in [0.3, 0.4) is 0 Å².